The highest BCUT2D eigenvalue weighted by molar-refractivity contribution is 7.92. The fraction of sp³-hybridized carbons (Fsp3) is 0.167. The Morgan fingerprint density at radius 2 is 1.81 bits per heavy atom. The van der Waals surface area contributed by atoms with Crippen LogP contribution in [0.3, 0.4) is 0 Å². The van der Waals surface area contributed by atoms with Gasteiger partial charge in [0.1, 0.15) is 11.6 Å². The molecule has 0 bridgehead atoms. The Kier molecular flexibility index (Phi) is 5.04. The average molecular weight is 389 g/mol. The van der Waals surface area contributed by atoms with Gasteiger partial charge in [0.25, 0.3) is 0 Å². The van der Waals surface area contributed by atoms with Gasteiger partial charge in [-0.15, -0.1) is 0 Å². The molecular weight excluding hydrogens is 373 g/mol. The molecule has 0 aliphatic heterocycles. The number of esters is 1. The molecule has 1 heterocycles. The van der Waals surface area contributed by atoms with Gasteiger partial charge in [-0.05, 0) is 43.3 Å². The van der Waals surface area contributed by atoms with Gasteiger partial charge in [-0.3, -0.25) is 4.79 Å². The molecule has 1 aromatic heterocycles. The van der Waals surface area contributed by atoms with Crippen LogP contribution in [0.25, 0.3) is 10.9 Å². The molecule has 27 heavy (non-hydrogen) atoms. The molecule has 0 spiro atoms. The minimum Gasteiger partial charge on any atom is -0.456 e. The second-order valence-electron chi connectivity index (χ2n) is 5.79. The predicted octanol–water partition coefficient (Wildman–Crippen LogP) is 2.26. The number of ether oxygens (including phenoxy) is 1. The summed E-state index contributed by atoms with van der Waals surface area (Å²) in [5.41, 5.74) is 6.45. The van der Waals surface area contributed by atoms with Crippen molar-refractivity contribution in [3.63, 3.8) is 0 Å². The molecule has 1 atom stereocenters. The zero-order valence-electron chi connectivity index (χ0n) is 14.3. The highest BCUT2D eigenvalue weighted by Gasteiger charge is 2.31. The number of anilines is 1. The van der Waals surface area contributed by atoms with Crippen molar-refractivity contribution in [1.82, 2.24) is 9.97 Å². The van der Waals surface area contributed by atoms with Crippen molar-refractivity contribution in [2.24, 2.45) is 0 Å². The van der Waals surface area contributed by atoms with Crippen molar-refractivity contribution >= 4 is 32.5 Å². The number of hydrogen-bond acceptors (Lipinski definition) is 7. The summed E-state index contributed by atoms with van der Waals surface area (Å²) < 4.78 is 42.9. The number of carbonyl (C=O) groups is 1. The molecule has 9 heteroatoms. The van der Waals surface area contributed by atoms with Crippen molar-refractivity contribution in [2.75, 3.05) is 5.73 Å². The Hall–Kier alpha value is -3.07. The first kappa shape index (κ1) is 18.7. The molecule has 0 fully saturated rings. The molecule has 0 radical (unpaired) electrons. The van der Waals surface area contributed by atoms with Crippen molar-refractivity contribution in [1.29, 1.82) is 0 Å². The molecule has 0 aliphatic rings. The van der Waals surface area contributed by atoms with E-state index in [-0.39, 0.29) is 23.1 Å². The van der Waals surface area contributed by atoms with Gasteiger partial charge >= 0.3 is 5.97 Å². The lowest BCUT2D eigenvalue weighted by molar-refractivity contribution is -0.144. The Bertz CT molecular complexity index is 1100. The van der Waals surface area contributed by atoms with Gasteiger partial charge in [-0.2, -0.15) is 0 Å². The molecule has 0 saturated heterocycles. The molecule has 0 saturated carbocycles. The Morgan fingerprint density at radius 1 is 1.15 bits per heavy atom. The van der Waals surface area contributed by atoms with Crippen LogP contribution in [0.2, 0.25) is 0 Å². The fourth-order valence-electron chi connectivity index (χ4n) is 2.42. The summed E-state index contributed by atoms with van der Waals surface area (Å²) in [6, 6.07) is 11.3. The molecule has 2 aromatic carbocycles. The summed E-state index contributed by atoms with van der Waals surface area (Å²) in [6.45, 7) is 0.883. The molecule has 0 amide bonds. The number of benzene rings is 2. The van der Waals surface area contributed by atoms with Crippen LogP contribution in [0.4, 0.5) is 10.2 Å². The van der Waals surface area contributed by atoms with E-state index in [0.717, 1.165) is 24.3 Å². The van der Waals surface area contributed by atoms with Crippen LogP contribution >= 0.6 is 0 Å². The first-order chi connectivity index (χ1) is 12.8. The van der Waals surface area contributed by atoms with Crippen LogP contribution in [-0.2, 0) is 26.0 Å². The third-order valence-electron chi connectivity index (χ3n) is 3.96. The lowest BCUT2D eigenvalue weighted by Gasteiger charge is -2.13. The third-order valence-corrected chi connectivity index (χ3v) is 6.01. The van der Waals surface area contributed by atoms with Gasteiger partial charge in [0.2, 0.25) is 0 Å². The molecule has 140 valence electrons. The monoisotopic (exact) mass is 389 g/mol. The number of hydrogen-bond donors (Lipinski definition) is 1. The normalized spacial score (nSPS) is 12.7. The predicted molar refractivity (Wildman–Crippen MR) is 96.8 cm³/mol. The fourth-order valence-corrected chi connectivity index (χ4v) is 3.67. The van der Waals surface area contributed by atoms with E-state index in [2.05, 4.69) is 9.97 Å². The van der Waals surface area contributed by atoms with Gasteiger partial charge in [-0.25, -0.2) is 22.8 Å². The van der Waals surface area contributed by atoms with E-state index in [1.54, 1.807) is 24.3 Å². The molecule has 7 nitrogen and oxygen atoms in total. The SMILES string of the molecule is CC(C(=O)OCc1nc(N)c2ccccc2n1)S(=O)(=O)c1ccc(F)cc1. The second kappa shape index (κ2) is 7.28. The van der Waals surface area contributed by atoms with E-state index < -0.39 is 26.9 Å². The summed E-state index contributed by atoms with van der Waals surface area (Å²) >= 11 is 0. The van der Waals surface area contributed by atoms with Gasteiger partial charge in [0.05, 0.1) is 10.4 Å². The maximum Gasteiger partial charge on any atom is 0.324 e. The minimum atomic E-state index is -4.01. The van der Waals surface area contributed by atoms with Crippen molar-refractivity contribution in [3.05, 3.63) is 60.2 Å². The van der Waals surface area contributed by atoms with E-state index >= 15 is 0 Å². The maximum absolute atomic E-state index is 13.0. The van der Waals surface area contributed by atoms with Crippen LogP contribution in [0, 0.1) is 5.82 Å². The van der Waals surface area contributed by atoms with Gasteiger partial charge in [0, 0.05) is 5.39 Å². The van der Waals surface area contributed by atoms with Crippen molar-refractivity contribution < 1.29 is 22.3 Å². The summed E-state index contributed by atoms with van der Waals surface area (Å²) in [6.07, 6.45) is 0. The second-order valence-corrected chi connectivity index (χ2v) is 8.06. The molecule has 3 rings (SSSR count). The number of nitrogens with two attached hydrogens (primary N) is 1. The summed E-state index contributed by atoms with van der Waals surface area (Å²) in [4.78, 5) is 20.3. The largest absolute Gasteiger partial charge is 0.456 e. The van der Waals surface area contributed by atoms with Gasteiger partial charge < -0.3 is 10.5 Å². The van der Waals surface area contributed by atoms with Crippen LogP contribution in [-0.4, -0.2) is 29.6 Å². The van der Waals surface area contributed by atoms with Gasteiger partial charge in [-0.1, -0.05) is 12.1 Å². The lowest BCUT2D eigenvalue weighted by atomic mass is 10.2. The molecular formula is C18H16FN3O4S. The van der Waals surface area contributed by atoms with Crippen LogP contribution in [0.1, 0.15) is 12.7 Å². The summed E-state index contributed by atoms with van der Waals surface area (Å²) in [5.74, 6) is -1.14. The van der Waals surface area contributed by atoms with Crippen molar-refractivity contribution in [2.45, 2.75) is 23.7 Å². The molecule has 0 aliphatic carbocycles. The number of sulfone groups is 1. The topological polar surface area (TPSA) is 112 Å². The number of rotatable bonds is 5. The Balaban J connectivity index is 1.74. The first-order valence-electron chi connectivity index (χ1n) is 7.96. The maximum atomic E-state index is 13.0. The quantitative estimate of drug-likeness (QED) is 0.526. The standard InChI is InChI=1S/C18H16FN3O4S/c1-11(27(24,25)13-8-6-12(19)7-9-13)18(23)26-10-16-21-15-5-3-2-4-14(15)17(20)22-16/h2-9,11H,10H2,1H3,(H2,20,21,22). The van der Waals surface area contributed by atoms with Crippen molar-refractivity contribution in [3.8, 4) is 0 Å². The number of nitrogens with zero attached hydrogens (tertiary/aromatic N) is 2. The molecule has 1 unspecified atom stereocenters. The minimum absolute atomic E-state index is 0.158. The molecule has 2 N–H and O–H groups in total. The number of halogens is 1. The number of fused-ring (bicyclic) bond motifs is 1. The number of aromatic nitrogens is 2. The average Bonchev–Trinajstić information content (AvgIpc) is 2.66. The van der Waals surface area contributed by atoms with E-state index in [0.29, 0.717) is 10.9 Å². The first-order valence-corrected chi connectivity index (χ1v) is 9.51. The van der Waals surface area contributed by atoms with Gasteiger partial charge in [0.15, 0.2) is 27.5 Å². The highest BCUT2D eigenvalue weighted by atomic mass is 32.2. The Labute approximate surface area is 154 Å². The number of carbonyl (C=O) groups excluding carboxylic acids is 1. The van der Waals surface area contributed by atoms with Crippen LogP contribution in [0.15, 0.2) is 53.4 Å². The molecule has 3 aromatic rings. The highest BCUT2D eigenvalue weighted by Crippen LogP contribution is 2.19. The third kappa shape index (κ3) is 3.87. The zero-order valence-corrected chi connectivity index (χ0v) is 15.1. The van der Waals surface area contributed by atoms with Crippen LogP contribution < -0.4 is 5.73 Å². The van der Waals surface area contributed by atoms with E-state index in [1.807, 2.05) is 0 Å². The number of para-hydroxylation sites is 1. The summed E-state index contributed by atoms with van der Waals surface area (Å²) in [5, 5.41) is -0.805. The smallest absolute Gasteiger partial charge is 0.324 e. The summed E-state index contributed by atoms with van der Waals surface area (Å²) in [7, 11) is -4.01. The number of nitrogen functional groups attached to an aromatic ring is 1. The Morgan fingerprint density at radius 3 is 2.52 bits per heavy atom. The lowest BCUT2D eigenvalue weighted by Crippen LogP contribution is -2.29. The van der Waals surface area contributed by atoms with E-state index in [9.17, 15) is 17.6 Å². The van der Waals surface area contributed by atoms with Crippen LogP contribution in [0.5, 0.6) is 0 Å². The zero-order chi connectivity index (χ0) is 19.6. The van der Waals surface area contributed by atoms with E-state index in [4.69, 9.17) is 10.5 Å². The van der Waals surface area contributed by atoms with E-state index in [1.165, 1.54) is 6.92 Å².